The molecule has 0 unspecified atom stereocenters. The van der Waals surface area contributed by atoms with Crippen LogP contribution >= 0.6 is 11.6 Å². The molecule has 3 aromatic rings. The van der Waals surface area contributed by atoms with Crippen molar-refractivity contribution in [2.75, 3.05) is 5.32 Å². The Balaban J connectivity index is 1.83. The van der Waals surface area contributed by atoms with E-state index in [2.05, 4.69) is 10.0 Å². The van der Waals surface area contributed by atoms with E-state index in [1.165, 1.54) is 0 Å². The van der Waals surface area contributed by atoms with Crippen LogP contribution in [-0.2, 0) is 14.8 Å². The SMILES string of the molecule is Cc1ccc(S(=O)(=O)N[C@H](CC(=O)Nc2cccc(C)c2Cl)c2ccccc2)cc1. The van der Waals surface area contributed by atoms with Crippen LogP contribution < -0.4 is 10.0 Å². The van der Waals surface area contributed by atoms with Crippen LogP contribution in [0.3, 0.4) is 0 Å². The van der Waals surface area contributed by atoms with Gasteiger partial charge in [-0.15, -0.1) is 0 Å². The number of benzene rings is 3. The average molecular weight is 443 g/mol. The third kappa shape index (κ3) is 5.48. The highest BCUT2D eigenvalue weighted by Gasteiger charge is 2.24. The second-order valence-electron chi connectivity index (χ2n) is 7.09. The van der Waals surface area contributed by atoms with Gasteiger partial charge in [-0.25, -0.2) is 13.1 Å². The number of halogens is 1. The Kier molecular flexibility index (Phi) is 6.92. The minimum Gasteiger partial charge on any atom is -0.325 e. The zero-order valence-corrected chi connectivity index (χ0v) is 18.3. The fourth-order valence-corrected chi connectivity index (χ4v) is 4.41. The Bertz CT molecular complexity index is 1130. The van der Waals surface area contributed by atoms with Crippen molar-refractivity contribution in [2.24, 2.45) is 0 Å². The van der Waals surface area contributed by atoms with Crippen LogP contribution in [0.1, 0.15) is 29.2 Å². The van der Waals surface area contributed by atoms with Crippen molar-refractivity contribution in [2.45, 2.75) is 31.2 Å². The predicted molar refractivity (Wildman–Crippen MR) is 120 cm³/mol. The highest BCUT2D eigenvalue weighted by atomic mass is 35.5. The van der Waals surface area contributed by atoms with Gasteiger partial charge in [-0.05, 0) is 43.2 Å². The standard InChI is InChI=1S/C23H23ClN2O3S/c1-16-11-13-19(14-12-16)30(28,29)26-21(18-8-4-3-5-9-18)15-22(27)25-20-10-6-7-17(2)23(20)24/h3-14,21,26H,15H2,1-2H3,(H,25,27)/t21-/m1/s1. The van der Waals surface area contributed by atoms with Crippen LogP contribution in [0.15, 0.2) is 77.7 Å². The number of aryl methyl sites for hydroxylation is 2. The number of sulfonamides is 1. The fraction of sp³-hybridized carbons (Fsp3) is 0.174. The lowest BCUT2D eigenvalue weighted by Crippen LogP contribution is -2.31. The van der Waals surface area contributed by atoms with Crippen molar-refractivity contribution in [3.05, 3.63) is 94.5 Å². The maximum atomic E-state index is 12.9. The summed E-state index contributed by atoms with van der Waals surface area (Å²) in [7, 11) is -3.81. The fourth-order valence-electron chi connectivity index (χ4n) is 3.02. The van der Waals surface area contributed by atoms with Crippen molar-refractivity contribution in [1.82, 2.24) is 4.72 Å². The van der Waals surface area contributed by atoms with Crippen molar-refractivity contribution in [1.29, 1.82) is 0 Å². The molecule has 156 valence electrons. The Morgan fingerprint density at radius 1 is 0.933 bits per heavy atom. The van der Waals surface area contributed by atoms with E-state index in [9.17, 15) is 13.2 Å². The van der Waals surface area contributed by atoms with Gasteiger partial charge in [0.2, 0.25) is 15.9 Å². The third-order valence-electron chi connectivity index (χ3n) is 4.69. The molecule has 0 saturated carbocycles. The molecule has 0 bridgehead atoms. The van der Waals surface area contributed by atoms with Gasteiger partial charge in [-0.2, -0.15) is 0 Å². The maximum Gasteiger partial charge on any atom is 0.241 e. The molecule has 0 aromatic heterocycles. The monoisotopic (exact) mass is 442 g/mol. The number of nitrogens with one attached hydrogen (secondary N) is 2. The summed E-state index contributed by atoms with van der Waals surface area (Å²) in [6.07, 6.45) is -0.0840. The molecule has 0 aliphatic rings. The first-order valence-electron chi connectivity index (χ1n) is 9.45. The summed E-state index contributed by atoms with van der Waals surface area (Å²) in [4.78, 5) is 12.9. The minimum absolute atomic E-state index is 0.0840. The van der Waals surface area contributed by atoms with Crippen LogP contribution in [0.5, 0.6) is 0 Å². The molecule has 3 aromatic carbocycles. The Morgan fingerprint density at radius 3 is 2.27 bits per heavy atom. The number of anilines is 1. The second kappa shape index (κ2) is 9.43. The zero-order valence-electron chi connectivity index (χ0n) is 16.7. The summed E-state index contributed by atoms with van der Waals surface area (Å²) in [6.45, 7) is 3.73. The van der Waals surface area contributed by atoms with Crippen LogP contribution in [0.25, 0.3) is 0 Å². The first kappa shape index (κ1) is 22.0. The van der Waals surface area contributed by atoms with Crippen LogP contribution in [0, 0.1) is 13.8 Å². The molecule has 2 N–H and O–H groups in total. The summed E-state index contributed by atoms with van der Waals surface area (Å²) in [6, 6.07) is 20.2. The lowest BCUT2D eigenvalue weighted by molar-refractivity contribution is -0.116. The summed E-state index contributed by atoms with van der Waals surface area (Å²) in [5.74, 6) is -0.344. The van der Waals surface area contributed by atoms with E-state index < -0.39 is 16.1 Å². The topological polar surface area (TPSA) is 75.3 Å². The molecule has 3 rings (SSSR count). The molecule has 0 saturated heterocycles. The van der Waals surface area contributed by atoms with Gasteiger partial charge >= 0.3 is 0 Å². The predicted octanol–water partition coefficient (Wildman–Crippen LogP) is 5.01. The molecular formula is C23H23ClN2O3S. The van der Waals surface area contributed by atoms with Crippen molar-refractivity contribution < 1.29 is 13.2 Å². The largest absolute Gasteiger partial charge is 0.325 e. The van der Waals surface area contributed by atoms with E-state index in [1.807, 2.05) is 26.0 Å². The summed E-state index contributed by atoms with van der Waals surface area (Å²) >= 11 is 6.26. The van der Waals surface area contributed by atoms with Gasteiger partial charge in [-0.3, -0.25) is 4.79 Å². The first-order valence-corrected chi connectivity index (χ1v) is 11.3. The molecule has 0 fully saturated rings. The quantitative estimate of drug-likeness (QED) is 0.540. The molecule has 30 heavy (non-hydrogen) atoms. The summed E-state index contributed by atoms with van der Waals surface area (Å²) in [5, 5.41) is 3.24. The number of carbonyl (C=O) groups excluding carboxylic acids is 1. The Labute approximate surface area is 182 Å². The number of rotatable bonds is 7. The average Bonchev–Trinajstić information content (AvgIpc) is 2.72. The molecule has 5 nitrogen and oxygen atoms in total. The molecule has 0 radical (unpaired) electrons. The third-order valence-corrected chi connectivity index (χ3v) is 6.68. The first-order chi connectivity index (χ1) is 14.3. The van der Waals surface area contributed by atoms with Gasteiger partial charge in [0, 0.05) is 6.42 Å². The van der Waals surface area contributed by atoms with Crippen LogP contribution in [0.2, 0.25) is 5.02 Å². The van der Waals surface area contributed by atoms with Gasteiger partial charge in [0.15, 0.2) is 0 Å². The van der Waals surface area contributed by atoms with E-state index in [1.54, 1.807) is 60.7 Å². The molecule has 1 amide bonds. The van der Waals surface area contributed by atoms with E-state index >= 15 is 0 Å². The van der Waals surface area contributed by atoms with Gasteiger partial charge in [0.05, 0.1) is 21.6 Å². The zero-order chi connectivity index (χ0) is 21.7. The smallest absolute Gasteiger partial charge is 0.241 e. The molecule has 0 spiro atoms. The molecule has 0 aliphatic carbocycles. The Morgan fingerprint density at radius 2 is 1.60 bits per heavy atom. The highest BCUT2D eigenvalue weighted by molar-refractivity contribution is 7.89. The number of hydrogen-bond acceptors (Lipinski definition) is 3. The lowest BCUT2D eigenvalue weighted by Gasteiger charge is -2.19. The molecular weight excluding hydrogens is 420 g/mol. The Hall–Kier alpha value is -2.67. The maximum absolute atomic E-state index is 12.9. The minimum atomic E-state index is -3.81. The van der Waals surface area contributed by atoms with Crippen LogP contribution in [0.4, 0.5) is 5.69 Å². The number of amides is 1. The van der Waals surface area contributed by atoms with Gasteiger partial charge in [0.1, 0.15) is 0 Å². The number of carbonyl (C=O) groups is 1. The van der Waals surface area contributed by atoms with Gasteiger partial charge < -0.3 is 5.32 Å². The summed E-state index contributed by atoms with van der Waals surface area (Å²) in [5.41, 5.74) is 2.99. The normalized spacial score (nSPS) is 12.4. The summed E-state index contributed by atoms with van der Waals surface area (Å²) < 4.78 is 28.5. The number of hydrogen-bond donors (Lipinski definition) is 2. The molecule has 0 heterocycles. The van der Waals surface area contributed by atoms with E-state index in [-0.39, 0.29) is 17.2 Å². The van der Waals surface area contributed by atoms with E-state index in [0.717, 1.165) is 11.1 Å². The van der Waals surface area contributed by atoms with Gasteiger partial charge in [0.25, 0.3) is 0 Å². The van der Waals surface area contributed by atoms with Crippen molar-refractivity contribution >= 4 is 33.2 Å². The highest BCUT2D eigenvalue weighted by Crippen LogP contribution is 2.26. The molecule has 1 atom stereocenters. The molecule has 0 aliphatic heterocycles. The van der Waals surface area contributed by atoms with Crippen molar-refractivity contribution in [3.8, 4) is 0 Å². The van der Waals surface area contributed by atoms with E-state index in [0.29, 0.717) is 16.3 Å². The lowest BCUT2D eigenvalue weighted by atomic mass is 10.0. The molecule has 7 heteroatoms. The van der Waals surface area contributed by atoms with Crippen LogP contribution in [-0.4, -0.2) is 14.3 Å². The second-order valence-corrected chi connectivity index (χ2v) is 9.18. The van der Waals surface area contributed by atoms with Crippen molar-refractivity contribution in [3.63, 3.8) is 0 Å². The van der Waals surface area contributed by atoms with E-state index in [4.69, 9.17) is 11.6 Å². The van der Waals surface area contributed by atoms with Gasteiger partial charge in [-0.1, -0.05) is 71.8 Å².